The van der Waals surface area contributed by atoms with Crippen LogP contribution in [0.1, 0.15) is 11.4 Å². The van der Waals surface area contributed by atoms with E-state index in [1.807, 2.05) is 0 Å². The Balaban J connectivity index is 2.41. The Bertz CT molecular complexity index is 1510. The van der Waals surface area contributed by atoms with Gasteiger partial charge in [0, 0.05) is 0 Å². The number of hydrogen-bond donors (Lipinski definition) is 0. The van der Waals surface area contributed by atoms with Crippen LogP contribution in [-0.2, 0) is 0 Å². The van der Waals surface area contributed by atoms with E-state index in [0.29, 0.717) is 0 Å². The van der Waals surface area contributed by atoms with Crippen LogP contribution in [0.5, 0.6) is 0 Å². The van der Waals surface area contributed by atoms with Gasteiger partial charge in [-0.2, -0.15) is 10.5 Å². The van der Waals surface area contributed by atoms with Gasteiger partial charge in [-0.25, -0.2) is 9.97 Å². The van der Waals surface area contributed by atoms with Gasteiger partial charge in [0.25, 0.3) is 16.6 Å². The zero-order valence-electron chi connectivity index (χ0n) is 15.3. The Labute approximate surface area is 177 Å². The predicted molar refractivity (Wildman–Crippen MR) is 101 cm³/mol. The molecule has 0 atom stereocenters. The van der Waals surface area contributed by atoms with E-state index in [0.717, 1.165) is 0 Å². The molecule has 18 heteroatoms. The highest BCUT2D eigenvalue weighted by Crippen LogP contribution is 2.36. The summed E-state index contributed by atoms with van der Waals surface area (Å²) in [5, 5.41) is 52.5. The number of rotatable bonds is 3. The molecule has 0 aliphatic carbocycles. The number of aromatic nitrogens is 6. The van der Waals surface area contributed by atoms with Crippen molar-refractivity contribution in [1.29, 1.82) is 10.5 Å². The van der Waals surface area contributed by atoms with Crippen LogP contribution in [-0.4, -0.2) is 44.7 Å². The maximum atomic E-state index is 11.3. The molecule has 4 rings (SSSR count). The van der Waals surface area contributed by atoms with Crippen LogP contribution < -0.4 is 0 Å². The van der Waals surface area contributed by atoms with Crippen molar-refractivity contribution in [3.8, 4) is 12.1 Å². The van der Waals surface area contributed by atoms with Crippen molar-refractivity contribution in [2.45, 2.75) is 0 Å². The van der Waals surface area contributed by atoms with E-state index in [1.165, 1.54) is 12.1 Å². The summed E-state index contributed by atoms with van der Waals surface area (Å²) in [6.45, 7) is 7.12. The number of fused-ring (bicyclic) bond motifs is 6. The topological polar surface area (TPSA) is 259 Å². The highest BCUT2D eigenvalue weighted by atomic mass is 16.6. The predicted octanol–water partition coefficient (Wildman–Crippen LogP) is 1.53. The molecule has 4 aromatic rings. The summed E-state index contributed by atoms with van der Waals surface area (Å²) in [5.41, 5.74) is -4.21. The minimum atomic E-state index is -1.03. The first-order valence-electron chi connectivity index (χ1n) is 8.09. The third-order valence-electron chi connectivity index (χ3n) is 4.12. The largest absolute Gasteiger partial charge is 0.401 e. The summed E-state index contributed by atoms with van der Waals surface area (Å²) >= 11 is 0. The molecular formula is C15N12O6. The fourth-order valence-corrected chi connectivity index (χ4v) is 2.86. The van der Waals surface area contributed by atoms with Crippen molar-refractivity contribution in [2.24, 2.45) is 0 Å². The summed E-state index contributed by atoms with van der Waals surface area (Å²) in [7, 11) is 0. The lowest BCUT2D eigenvalue weighted by atomic mass is 10.1. The maximum Gasteiger partial charge on any atom is 0.401 e. The smallest absolute Gasteiger partial charge is 0.359 e. The zero-order valence-corrected chi connectivity index (χ0v) is 15.3. The highest BCUT2D eigenvalue weighted by Gasteiger charge is 2.35. The second kappa shape index (κ2) is 7.00. The molecule has 18 nitrogen and oxygen atoms in total. The SMILES string of the molecule is [C-]#[N+]c1nc2c3nc([N+](=O)[O-])c(C#N)nc3c3nc([N+](=O)[O-])c(C#N)nc3c2nc1[N+](=O)[O-]. The van der Waals surface area contributed by atoms with Crippen LogP contribution in [0.25, 0.3) is 37.9 Å². The lowest BCUT2D eigenvalue weighted by Crippen LogP contribution is -2.06. The van der Waals surface area contributed by atoms with E-state index in [1.54, 1.807) is 0 Å². The van der Waals surface area contributed by atoms with Crippen molar-refractivity contribution in [2.75, 3.05) is 0 Å². The van der Waals surface area contributed by atoms with E-state index >= 15 is 0 Å². The summed E-state index contributed by atoms with van der Waals surface area (Å²) in [6, 6.07) is 2.93. The molecule has 33 heavy (non-hydrogen) atoms. The van der Waals surface area contributed by atoms with Crippen LogP contribution in [0.2, 0.25) is 0 Å². The third-order valence-corrected chi connectivity index (χ3v) is 4.12. The summed E-state index contributed by atoms with van der Waals surface area (Å²) in [6.07, 6.45) is 0. The Hall–Kier alpha value is -6.09. The molecule has 0 N–H and O–H groups in total. The van der Waals surface area contributed by atoms with Crippen molar-refractivity contribution in [1.82, 2.24) is 29.9 Å². The van der Waals surface area contributed by atoms with Crippen molar-refractivity contribution < 1.29 is 14.8 Å². The molecule has 0 spiro atoms. The molecule has 0 bridgehead atoms. The van der Waals surface area contributed by atoms with Crippen molar-refractivity contribution in [3.05, 3.63) is 53.1 Å². The van der Waals surface area contributed by atoms with Gasteiger partial charge >= 0.3 is 23.3 Å². The second-order valence-corrected chi connectivity index (χ2v) is 5.86. The van der Waals surface area contributed by atoms with Gasteiger partial charge in [0.05, 0.1) is 0 Å². The van der Waals surface area contributed by atoms with Gasteiger partial charge in [0.2, 0.25) is 16.9 Å². The Kier molecular flexibility index (Phi) is 4.29. The number of nitro groups is 3. The number of hydrogen-bond acceptors (Lipinski definition) is 14. The average molecular weight is 444 g/mol. The summed E-state index contributed by atoms with van der Waals surface area (Å²) in [5.74, 6) is -3.82. The first-order valence-corrected chi connectivity index (χ1v) is 8.09. The molecule has 0 aliphatic heterocycles. The molecule has 3 heterocycles. The van der Waals surface area contributed by atoms with E-state index in [9.17, 15) is 40.9 Å². The highest BCUT2D eigenvalue weighted by molar-refractivity contribution is 6.18. The van der Waals surface area contributed by atoms with Gasteiger partial charge in [-0.15, -0.1) is 4.98 Å². The maximum absolute atomic E-state index is 11.3. The van der Waals surface area contributed by atoms with E-state index in [2.05, 4.69) is 34.7 Å². The summed E-state index contributed by atoms with van der Waals surface area (Å²) < 4.78 is 0. The molecule has 0 aliphatic rings. The molecule has 0 radical (unpaired) electrons. The Morgan fingerprint density at radius 3 is 1.30 bits per heavy atom. The molecule has 3 aromatic heterocycles. The minimum Gasteiger partial charge on any atom is -0.359 e. The Morgan fingerprint density at radius 1 is 0.636 bits per heavy atom. The number of nitrogens with zero attached hydrogens (tertiary/aromatic N) is 12. The standard InChI is InChI=1S/C15N12O6/c1-18-12-15(27(32)33)24-11-7-9(22-13(25(28)29)4(2-16)20-7)6-10(8(11)21-12)23-14(26(30)31)5(3-17)19-6. The van der Waals surface area contributed by atoms with Crippen LogP contribution in [0.3, 0.4) is 0 Å². The molecule has 0 saturated carbocycles. The lowest BCUT2D eigenvalue weighted by Gasteiger charge is -2.02. The van der Waals surface area contributed by atoms with Gasteiger partial charge < -0.3 is 35.2 Å². The number of nitriles is 2. The van der Waals surface area contributed by atoms with Crippen LogP contribution >= 0.6 is 0 Å². The molecule has 0 unspecified atom stereocenters. The quantitative estimate of drug-likeness (QED) is 0.188. The van der Waals surface area contributed by atoms with E-state index in [4.69, 9.17) is 6.57 Å². The van der Waals surface area contributed by atoms with E-state index in [-0.39, 0.29) is 0 Å². The lowest BCUT2D eigenvalue weighted by molar-refractivity contribution is -0.389. The first-order chi connectivity index (χ1) is 15.7. The van der Waals surface area contributed by atoms with Crippen molar-refractivity contribution in [3.63, 3.8) is 0 Å². The van der Waals surface area contributed by atoms with Gasteiger partial charge in [-0.1, -0.05) is 6.57 Å². The summed E-state index contributed by atoms with van der Waals surface area (Å²) in [4.78, 5) is 56.5. The van der Waals surface area contributed by atoms with Gasteiger partial charge in [0.15, 0.2) is 11.0 Å². The van der Waals surface area contributed by atoms with Crippen LogP contribution in [0.4, 0.5) is 23.3 Å². The fraction of sp³-hybridized carbons (Fsp3) is 0. The first kappa shape index (κ1) is 20.2. The molecule has 0 saturated heterocycles. The van der Waals surface area contributed by atoms with Crippen LogP contribution in [0.15, 0.2) is 0 Å². The molecular weight excluding hydrogens is 444 g/mol. The monoisotopic (exact) mass is 444 g/mol. The fourth-order valence-electron chi connectivity index (χ4n) is 2.86. The van der Waals surface area contributed by atoms with Gasteiger partial charge in [-0.05, 0) is 29.7 Å². The van der Waals surface area contributed by atoms with Gasteiger partial charge in [-0.3, -0.25) is 0 Å². The normalized spacial score (nSPS) is 10.5. The van der Waals surface area contributed by atoms with E-state index < -0.39 is 82.5 Å². The molecule has 156 valence electrons. The average Bonchev–Trinajstić information content (AvgIpc) is 2.81. The van der Waals surface area contributed by atoms with Crippen LogP contribution in [0, 0.1) is 59.6 Å². The van der Waals surface area contributed by atoms with Crippen molar-refractivity contribution >= 4 is 56.4 Å². The Morgan fingerprint density at radius 2 is 0.970 bits per heavy atom. The molecule has 0 fully saturated rings. The molecule has 1 aromatic carbocycles. The zero-order chi connectivity index (χ0) is 24.0. The molecule has 0 amide bonds. The third kappa shape index (κ3) is 2.86. The second-order valence-electron chi connectivity index (χ2n) is 5.86. The number of benzene rings is 1. The minimum absolute atomic E-state index is 0.416. The van der Waals surface area contributed by atoms with Gasteiger partial charge in [0.1, 0.15) is 12.1 Å².